The summed E-state index contributed by atoms with van der Waals surface area (Å²) in [6.07, 6.45) is 0. The van der Waals surface area contributed by atoms with Crippen LogP contribution in [0.5, 0.6) is 5.75 Å². The Hall–Kier alpha value is -1.35. The Labute approximate surface area is 104 Å². The number of alkyl halides is 3. The highest BCUT2D eigenvalue weighted by molar-refractivity contribution is 7.88. The van der Waals surface area contributed by atoms with Gasteiger partial charge in [-0.25, -0.2) is 4.98 Å². The van der Waals surface area contributed by atoms with Gasteiger partial charge in [0.2, 0.25) is 0 Å². The summed E-state index contributed by atoms with van der Waals surface area (Å²) in [7, 11) is -5.64. The molecular formula is C9H6F3NO3S2. The molecule has 0 saturated heterocycles. The predicted octanol–water partition coefficient (Wildman–Crippen LogP) is 2.83. The average Bonchev–Trinajstić information content (AvgIpc) is 2.54. The molecule has 0 unspecified atom stereocenters. The summed E-state index contributed by atoms with van der Waals surface area (Å²) < 4.78 is 62.7. The third-order valence-corrected chi connectivity index (χ3v) is 3.89. The fraction of sp³-hybridized carbons (Fsp3) is 0.222. The van der Waals surface area contributed by atoms with Gasteiger partial charge in [-0.1, -0.05) is 0 Å². The summed E-state index contributed by atoms with van der Waals surface area (Å²) in [4.78, 5) is 4.03. The summed E-state index contributed by atoms with van der Waals surface area (Å²) >= 11 is 1.35. The van der Waals surface area contributed by atoms with E-state index in [4.69, 9.17) is 0 Å². The largest absolute Gasteiger partial charge is 0.534 e. The van der Waals surface area contributed by atoms with Crippen LogP contribution in [-0.4, -0.2) is 18.9 Å². The molecule has 2 aromatic rings. The van der Waals surface area contributed by atoms with Crippen LogP contribution in [0.4, 0.5) is 13.2 Å². The van der Waals surface area contributed by atoms with E-state index in [1.54, 1.807) is 6.92 Å². The van der Waals surface area contributed by atoms with E-state index < -0.39 is 21.4 Å². The number of aromatic nitrogens is 1. The molecule has 0 atom stereocenters. The number of thiazole rings is 1. The van der Waals surface area contributed by atoms with Gasteiger partial charge < -0.3 is 4.18 Å². The average molecular weight is 297 g/mol. The highest BCUT2D eigenvalue weighted by atomic mass is 32.2. The second-order valence-electron chi connectivity index (χ2n) is 3.35. The van der Waals surface area contributed by atoms with Gasteiger partial charge in [-0.3, -0.25) is 0 Å². The summed E-state index contributed by atoms with van der Waals surface area (Å²) in [5.74, 6) is -0.412. The summed E-state index contributed by atoms with van der Waals surface area (Å²) in [5.41, 5.74) is -5.05. The second kappa shape index (κ2) is 4.09. The molecule has 1 aromatic carbocycles. The van der Waals surface area contributed by atoms with Crippen molar-refractivity contribution < 1.29 is 25.8 Å². The van der Waals surface area contributed by atoms with Crippen molar-refractivity contribution in [2.75, 3.05) is 0 Å². The molecule has 1 aromatic heterocycles. The van der Waals surface area contributed by atoms with Crippen molar-refractivity contribution >= 4 is 31.7 Å². The molecule has 0 aliphatic carbocycles. The van der Waals surface area contributed by atoms with E-state index in [-0.39, 0.29) is 0 Å². The van der Waals surface area contributed by atoms with Gasteiger partial charge >= 0.3 is 15.6 Å². The lowest BCUT2D eigenvalue weighted by Crippen LogP contribution is -2.28. The van der Waals surface area contributed by atoms with Crippen LogP contribution in [0.1, 0.15) is 5.01 Å². The molecule has 0 saturated carbocycles. The van der Waals surface area contributed by atoms with Crippen LogP contribution >= 0.6 is 11.3 Å². The van der Waals surface area contributed by atoms with Crippen molar-refractivity contribution in [1.82, 2.24) is 4.98 Å². The van der Waals surface area contributed by atoms with Crippen molar-refractivity contribution in [3.8, 4) is 5.75 Å². The minimum atomic E-state index is -5.64. The predicted molar refractivity (Wildman–Crippen MR) is 60.0 cm³/mol. The fourth-order valence-electron chi connectivity index (χ4n) is 1.25. The van der Waals surface area contributed by atoms with Gasteiger partial charge in [0, 0.05) is 6.07 Å². The van der Waals surface area contributed by atoms with Gasteiger partial charge in [0.05, 0.1) is 15.2 Å². The second-order valence-corrected chi connectivity index (χ2v) is 6.12. The molecule has 0 N–H and O–H groups in total. The standard InChI is InChI=1S/C9H6F3NO3S2/c1-5-13-7-4-6(2-3-8(7)17-5)16-18(14,15)9(10,11)12/h2-4H,1H3. The monoisotopic (exact) mass is 297 g/mol. The molecule has 0 bridgehead atoms. The van der Waals surface area contributed by atoms with E-state index in [2.05, 4.69) is 9.17 Å². The van der Waals surface area contributed by atoms with E-state index in [1.165, 1.54) is 17.4 Å². The zero-order chi connectivity index (χ0) is 13.6. The van der Waals surface area contributed by atoms with Crippen LogP contribution in [0, 0.1) is 6.92 Å². The molecule has 9 heteroatoms. The Bertz CT molecular complexity index is 691. The quantitative estimate of drug-likeness (QED) is 0.632. The summed E-state index contributed by atoms with van der Waals surface area (Å²) in [6.45, 7) is 1.73. The number of hydrogen-bond donors (Lipinski definition) is 0. The number of rotatable bonds is 2. The van der Waals surface area contributed by atoms with Crippen LogP contribution in [0.25, 0.3) is 10.2 Å². The Morgan fingerprint density at radius 1 is 1.33 bits per heavy atom. The number of aryl methyl sites for hydroxylation is 1. The number of hydrogen-bond acceptors (Lipinski definition) is 5. The van der Waals surface area contributed by atoms with E-state index in [0.29, 0.717) is 5.52 Å². The molecule has 0 spiro atoms. The Balaban J connectivity index is 2.38. The SMILES string of the molecule is Cc1nc2cc(OS(=O)(=O)C(F)(F)F)ccc2s1. The van der Waals surface area contributed by atoms with Crippen LogP contribution in [-0.2, 0) is 10.1 Å². The first-order chi connectivity index (χ1) is 8.19. The molecule has 0 amide bonds. The molecule has 1 heterocycles. The topological polar surface area (TPSA) is 56.3 Å². The number of halogens is 3. The first kappa shape index (κ1) is 13.1. The number of fused-ring (bicyclic) bond motifs is 1. The molecule has 18 heavy (non-hydrogen) atoms. The van der Waals surface area contributed by atoms with Gasteiger partial charge in [-0.15, -0.1) is 11.3 Å². The zero-order valence-electron chi connectivity index (χ0n) is 8.85. The zero-order valence-corrected chi connectivity index (χ0v) is 10.5. The van der Waals surface area contributed by atoms with E-state index in [1.807, 2.05) is 0 Å². The Morgan fingerprint density at radius 3 is 2.61 bits per heavy atom. The molecular weight excluding hydrogens is 291 g/mol. The van der Waals surface area contributed by atoms with Crippen LogP contribution < -0.4 is 4.18 Å². The maximum absolute atomic E-state index is 12.1. The van der Waals surface area contributed by atoms with Gasteiger partial charge in [0.1, 0.15) is 5.75 Å². The smallest absolute Gasteiger partial charge is 0.376 e. The lowest BCUT2D eigenvalue weighted by Gasteiger charge is -2.08. The van der Waals surface area contributed by atoms with Gasteiger partial charge in [-0.2, -0.15) is 21.6 Å². The highest BCUT2D eigenvalue weighted by Crippen LogP contribution is 2.30. The first-order valence-corrected chi connectivity index (χ1v) is 6.79. The van der Waals surface area contributed by atoms with Crippen molar-refractivity contribution in [3.63, 3.8) is 0 Å². The summed E-state index contributed by atoms with van der Waals surface area (Å²) in [6, 6.07) is 3.77. The first-order valence-electron chi connectivity index (χ1n) is 4.57. The lowest BCUT2D eigenvalue weighted by atomic mass is 10.3. The Morgan fingerprint density at radius 2 is 2.00 bits per heavy atom. The highest BCUT2D eigenvalue weighted by Gasteiger charge is 2.48. The molecule has 4 nitrogen and oxygen atoms in total. The van der Waals surface area contributed by atoms with Crippen molar-refractivity contribution in [3.05, 3.63) is 23.2 Å². The van der Waals surface area contributed by atoms with E-state index in [9.17, 15) is 21.6 Å². The lowest BCUT2D eigenvalue weighted by molar-refractivity contribution is -0.0500. The van der Waals surface area contributed by atoms with E-state index in [0.717, 1.165) is 21.8 Å². The molecule has 2 rings (SSSR count). The fourth-order valence-corrected chi connectivity index (χ4v) is 2.51. The molecule has 98 valence electrons. The van der Waals surface area contributed by atoms with Gasteiger partial charge in [0.15, 0.2) is 0 Å². The maximum atomic E-state index is 12.1. The number of nitrogens with zero attached hydrogens (tertiary/aromatic N) is 1. The van der Waals surface area contributed by atoms with Crippen LogP contribution in [0.3, 0.4) is 0 Å². The van der Waals surface area contributed by atoms with Crippen molar-refractivity contribution in [2.45, 2.75) is 12.4 Å². The molecule has 0 aliphatic rings. The minimum absolute atomic E-state index is 0.396. The van der Waals surface area contributed by atoms with Gasteiger partial charge in [0.25, 0.3) is 0 Å². The minimum Gasteiger partial charge on any atom is -0.376 e. The molecule has 0 fully saturated rings. The third-order valence-electron chi connectivity index (χ3n) is 1.96. The van der Waals surface area contributed by atoms with Gasteiger partial charge in [-0.05, 0) is 19.1 Å². The normalized spacial score (nSPS) is 12.9. The van der Waals surface area contributed by atoms with Crippen molar-refractivity contribution in [1.29, 1.82) is 0 Å². The maximum Gasteiger partial charge on any atom is 0.534 e. The molecule has 0 aliphatic heterocycles. The molecule has 0 radical (unpaired) electrons. The van der Waals surface area contributed by atoms with Crippen LogP contribution in [0.2, 0.25) is 0 Å². The van der Waals surface area contributed by atoms with Crippen molar-refractivity contribution in [2.24, 2.45) is 0 Å². The van der Waals surface area contributed by atoms with Crippen LogP contribution in [0.15, 0.2) is 18.2 Å². The Kier molecular flexibility index (Phi) is 2.98. The number of benzene rings is 1. The third kappa shape index (κ3) is 2.41. The summed E-state index contributed by atoms with van der Waals surface area (Å²) in [5, 5.41) is 0.723. The van der Waals surface area contributed by atoms with E-state index >= 15 is 0 Å².